The molecule has 0 unspecified atom stereocenters. The molecule has 1 atom stereocenters. The van der Waals surface area contributed by atoms with Crippen molar-refractivity contribution < 1.29 is 17.7 Å². The molecule has 0 saturated carbocycles. The van der Waals surface area contributed by atoms with Gasteiger partial charge in [-0.1, -0.05) is 22.9 Å². The van der Waals surface area contributed by atoms with Crippen LogP contribution in [-0.4, -0.2) is 33.8 Å². The number of carbonyl (C=O) groups excluding carboxylic acids is 1. The molecule has 0 aliphatic carbocycles. The standard InChI is InChI=1S/C18H16N4O4S/c1-12-4-6-14(7-5-12)27(24,25)22-15(8-9-16(22)23)18-20-17(21-26-18)13-3-2-10-19-11-13/h2-7,10-11,15H,8-9H2,1H3/t15-/m0/s1. The summed E-state index contributed by atoms with van der Waals surface area (Å²) in [4.78, 5) is 20.7. The average Bonchev–Trinajstić information content (AvgIpc) is 3.30. The molecule has 1 aromatic carbocycles. The van der Waals surface area contributed by atoms with E-state index in [1.54, 1.807) is 36.7 Å². The molecule has 27 heavy (non-hydrogen) atoms. The molecule has 4 rings (SSSR count). The normalized spacial score (nSPS) is 17.4. The summed E-state index contributed by atoms with van der Waals surface area (Å²) in [6.07, 6.45) is 3.59. The summed E-state index contributed by atoms with van der Waals surface area (Å²) in [5.41, 5.74) is 1.57. The fraction of sp³-hybridized carbons (Fsp3) is 0.222. The van der Waals surface area contributed by atoms with Crippen LogP contribution in [0.25, 0.3) is 11.4 Å². The van der Waals surface area contributed by atoms with E-state index in [4.69, 9.17) is 4.52 Å². The van der Waals surface area contributed by atoms with Gasteiger partial charge in [-0.15, -0.1) is 0 Å². The van der Waals surface area contributed by atoms with Gasteiger partial charge in [0.2, 0.25) is 11.7 Å². The predicted octanol–water partition coefficient (Wildman–Crippen LogP) is 2.49. The van der Waals surface area contributed by atoms with Crippen molar-refractivity contribution in [2.75, 3.05) is 0 Å². The zero-order valence-electron chi connectivity index (χ0n) is 14.4. The Balaban J connectivity index is 1.70. The second-order valence-corrected chi connectivity index (χ2v) is 8.07. The van der Waals surface area contributed by atoms with Crippen LogP contribution < -0.4 is 0 Å². The Bertz CT molecular complexity index is 1080. The van der Waals surface area contributed by atoms with Crippen molar-refractivity contribution in [1.82, 2.24) is 19.4 Å². The molecule has 1 saturated heterocycles. The first kappa shape index (κ1) is 17.3. The van der Waals surface area contributed by atoms with Gasteiger partial charge < -0.3 is 4.52 Å². The lowest BCUT2D eigenvalue weighted by atomic mass is 10.2. The number of nitrogens with zero attached hydrogens (tertiary/aromatic N) is 4. The Morgan fingerprint density at radius 1 is 1.19 bits per heavy atom. The molecular formula is C18H16N4O4S. The maximum absolute atomic E-state index is 13.0. The van der Waals surface area contributed by atoms with E-state index >= 15 is 0 Å². The Morgan fingerprint density at radius 3 is 2.67 bits per heavy atom. The molecule has 0 bridgehead atoms. The second kappa shape index (κ2) is 6.58. The van der Waals surface area contributed by atoms with Crippen molar-refractivity contribution in [2.24, 2.45) is 0 Å². The predicted molar refractivity (Wildman–Crippen MR) is 94.7 cm³/mol. The zero-order valence-corrected chi connectivity index (χ0v) is 15.3. The van der Waals surface area contributed by atoms with E-state index in [2.05, 4.69) is 15.1 Å². The van der Waals surface area contributed by atoms with E-state index in [0.29, 0.717) is 17.8 Å². The van der Waals surface area contributed by atoms with E-state index in [1.807, 2.05) is 6.92 Å². The SMILES string of the molecule is Cc1ccc(S(=O)(=O)N2C(=O)CC[C@H]2c2nc(-c3cccnc3)no2)cc1. The third-order valence-corrected chi connectivity index (χ3v) is 6.23. The Hall–Kier alpha value is -3.07. The maximum Gasteiger partial charge on any atom is 0.267 e. The van der Waals surface area contributed by atoms with Gasteiger partial charge in [-0.3, -0.25) is 9.78 Å². The molecule has 3 heterocycles. The first-order valence-electron chi connectivity index (χ1n) is 8.35. The molecule has 1 aliphatic rings. The third-order valence-electron chi connectivity index (χ3n) is 4.38. The number of amides is 1. The monoisotopic (exact) mass is 384 g/mol. The highest BCUT2D eigenvalue weighted by Crippen LogP contribution is 2.37. The summed E-state index contributed by atoms with van der Waals surface area (Å²) in [6, 6.07) is 9.04. The highest BCUT2D eigenvalue weighted by molar-refractivity contribution is 7.89. The lowest BCUT2D eigenvalue weighted by Gasteiger charge is -2.21. The molecule has 2 aromatic heterocycles. The minimum atomic E-state index is -4.01. The van der Waals surface area contributed by atoms with Crippen LogP contribution in [0.3, 0.4) is 0 Å². The van der Waals surface area contributed by atoms with Crippen molar-refractivity contribution in [3.63, 3.8) is 0 Å². The van der Waals surface area contributed by atoms with E-state index in [-0.39, 0.29) is 17.2 Å². The number of sulfonamides is 1. The fourth-order valence-corrected chi connectivity index (χ4v) is 4.59. The summed E-state index contributed by atoms with van der Waals surface area (Å²) < 4.78 is 32.2. The van der Waals surface area contributed by atoms with Crippen LogP contribution in [0.15, 0.2) is 58.2 Å². The quantitative estimate of drug-likeness (QED) is 0.680. The van der Waals surface area contributed by atoms with Crippen LogP contribution in [0.1, 0.15) is 30.3 Å². The fourth-order valence-electron chi connectivity index (χ4n) is 2.99. The molecular weight excluding hydrogens is 368 g/mol. The van der Waals surface area contributed by atoms with Gasteiger partial charge in [0.05, 0.1) is 4.90 Å². The van der Waals surface area contributed by atoms with Crippen molar-refractivity contribution in [3.05, 3.63) is 60.2 Å². The van der Waals surface area contributed by atoms with E-state index < -0.39 is 22.0 Å². The molecule has 8 nitrogen and oxygen atoms in total. The molecule has 0 spiro atoms. The van der Waals surface area contributed by atoms with Crippen LogP contribution in [-0.2, 0) is 14.8 Å². The van der Waals surface area contributed by atoms with Crippen LogP contribution in [0.5, 0.6) is 0 Å². The number of hydrogen-bond acceptors (Lipinski definition) is 7. The molecule has 1 amide bonds. The van der Waals surface area contributed by atoms with Crippen molar-refractivity contribution >= 4 is 15.9 Å². The Kier molecular flexibility index (Phi) is 4.23. The average molecular weight is 384 g/mol. The van der Waals surface area contributed by atoms with Crippen molar-refractivity contribution in [3.8, 4) is 11.4 Å². The summed E-state index contributed by atoms with van der Waals surface area (Å²) in [5, 5.41) is 3.90. The Labute approximate surface area is 155 Å². The number of rotatable bonds is 4. The maximum atomic E-state index is 13.0. The van der Waals surface area contributed by atoms with Gasteiger partial charge in [0.25, 0.3) is 15.9 Å². The molecule has 1 aliphatic heterocycles. The van der Waals surface area contributed by atoms with Gasteiger partial charge in [0.15, 0.2) is 0 Å². The van der Waals surface area contributed by atoms with Gasteiger partial charge in [-0.05, 0) is 37.6 Å². The van der Waals surface area contributed by atoms with Gasteiger partial charge in [0.1, 0.15) is 6.04 Å². The van der Waals surface area contributed by atoms with Gasteiger partial charge in [0, 0.05) is 24.4 Å². The largest absolute Gasteiger partial charge is 0.337 e. The lowest BCUT2D eigenvalue weighted by molar-refractivity contribution is -0.124. The zero-order chi connectivity index (χ0) is 19.0. The van der Waals surface area contributed by atoms with Crippen LogP contribution in [0.2, 0.25) is 0 Å². The summed E-state index contributed by atoms with van der Waals surface area (Å²) in [7, 11) is -4.01. The van der Waals surface area contributed by atoms with Gasteiger partial charge >= 0.3 is 0 Å². The first-order chi connectivity index (χ1) is 13.0. The number of hydrogen-bond donors (Lipinski definition) is 0. The van der Waals surface area contributed by atoms with Crippen LogP contribution in [0, 0.1) is 6.92 Å². The number of aryl methyl sites for hydroxylation is 1. The molecule has 0 N–H and O–H groups in total. The van der Waals surface area contributed by atoms with Crippen molar-refractivity contribution in [1.29, 1.82) is 0 Å². The summed E-state index contributed by atoms with van der Waals surface area (Å²) in [5.74, 6) is -0.0952. The minimum Gasteiger partial charge on any atom is -0.337 e. The number of pyridine rings is 1. The summed E-state index contributed by atoms with van der Waals surface area (Å²) in [6.45, 7) is 1.86. The molecule has 3 aromatic rings. The number of carbonyl (C=O) groups is 1. The lowest BCUT2D eigenvalue weighted by Crippen LogP contribution is -2.34. The molecule has 1 fully saturated rings. The summed E-state index contributed by atoms with van der Waals surface area (Å²) >= 11 is 0. The van der Waals surface area contributed by atoms with E-state index in [0.717, 1.165) is 9.87 Å². The Morgan fingerprint density at radius 2 is 1.96 bits per heavy atom. The highest BCUT2D eigenvalue weighted by Gasteiger charge is 2.44. The number of aromatic nitrogens is 3. The van der Waals surface area contributed by atoms with E-state index in [9.17, 15) is 13.2 Å². The molecule has 0 radical (unpaired) electrons. The molecule has 138 valence electrons. The van der Waals surface area contributed by atoms with Crippen LogP contribution >= 0.6 is 0 Å². The van der Waals surface area contributed by atoms with E-state index in [1.165, 1.54) is 12.1 Å². The smallest absolute Gasteiger partial charge is 0.267 e. The first-order valence-corrected chi connectivity index (χ1v) is 9.79. The molecule has 9 heteroatoms. The topological polar surface area (TPSA) is 106 Å². The minimum absolute atomic E-state index is 0.0559. The number of benzene rings is 1. The highest BCUT2D eigenvalue weighted by atomic mass is 32.2. The second-order valence-electron chi connectivity index (χ2n) is 6.26. The van der Waals surface area contributed by atoms with Crippen molar-refractivity contribution in [2.45, 2.75) is 30.7 Å². The van der Waals surface area contributed by atoms with Gasteiger partial charge in [-0.2, -0.15) is 4.98 Å². The van der Waals surface area contributed by atoms with Gasteiger partial charge in [-0.25, -0.2) is 12.7 Å². The third kappa shape index (κ3) is 3.10. The van der Waals surface area contributed by atoms with Crippen LogP contribution in [0.4, 0.5) is 0 Å².